The summed E-state index contributed by atoms with van der Waals surface area (Å²) in [6, 6.07) is 11.2. The molecule has 0 fully saturated rings. The molecule has 156 valence electrons. The summed E-state index contributed by atoms with van der Waals surface area (Å²) in [4.78, 5) is 23.0. The predicted octanol–water partition coefficient (Wildman–Crippen LogP) is 2.01. The van der Waals surface area contributed by atoms with Gasteiger partial charge in [-0.15, -0.1) is 0 Å². The number of nitrogens with one attached hydrogen (secondary N) is 2. The molecule has 0 aliphatic carbocycles. The SMILES string of the molecule is COc1ccc(Cl)cc1S(=O)(=O)NCC(NC(=O)OCc1ccccc1)C(=O)O. The fraction of sp³-hybridized carbons (Fsp3) is 0.222. The molecule has 0 spiro atoms. The van der Waals surface area contributed by atoms with Gasteiger partial charge in [-0.3, -0.25) is 0 Å². The van der Waals surface area contributed by atoms with Crippen molar-refractivity contribution in [2.24, 2.45) is 0 Å². The third kappa shape index (κ3) is 6.63. The number of amides is 1. The van der Waals surface area contributed by atoms with Crippen molar-refractivity contribution in [3.05, 3.63) is 59.1 Å². The predicted molar refractivity (Wildman–Crippen MR) is 104 cm³/mol. The summed E-state index contributed by atoms with van der Waals surface area (Å²) in [5.41, 5.74) is 0.711. The molecule has 0 aromatic heterocycles. The van der Waals surface area contributed by atoms with Crippen molar-refractivity contribution >= 4 is 33.7 Å². The fourth-order valence-corrected chi connectivity index (χ4v) is 3.72. The Bertz CT molecular complexity index is 967. The number of rotatable bonds is 9. The van der Waals surface area contributed by atoms with Gasteiger partial charge in [-0.05, 0) is 23.8 Å². The van der Waals surface area contributed by atoms with E-state index in [-0.39, 0.29) is 22.3 Å². The van der Waals surface area contributed by atoms with Crippen molar-refractivity contribution in [1.29, 1.82) is 0 Å². The van der Waals surface area contributed by atoms with E-state index in [4.69, 9.17) is 21.1 Å². The van der Waals surface area contributed by atoms with Gasteiger partial charge in [0.25, 0.3) is 0 Å². The molecule has 2 rings (SSSR count). The molecule has 3 N–H and O–H groups in total. The van der Waals surface area contributed by atoms with Crippen molar-refractivity contribution in [2.45, 2.75) is 17.5 Å². The first-order chi connectivity index (χ1) is 13.7. The normalized spacial score (nSPS) is 12.1. The number of methoxy groups -OCH3 is 1. The number of carbonyl (C=O) groups is 2. The number of halogens is 1. The van der Waals surface area contributed by atoms with Gasteiger partial charge in [-0.2, -0.15) is 0 Å². The van der Waals surface area contributed by atoms with Gasteiger partial charge in [0.2, 0.25) is 10.0 Å². The lowest BCUT2D eigenvalue weighted by molar-refractivity contribution is -0.139. The quantitative estimate of drug-likeness (QED) is 0.541. The van der Waals surface area contributed by atoms with Crippen LogP contribution in [0.4, 0.5) is 4.79 Å². The van der Waals surface area contributed by atoms with Crippen LogP contribution in [0.3, 0.4) is 0 Å². The molecule has 1 amide bonds. The van der Waals surface area contributed by atoms with Crippen molar-refractivity contribution in [3.8, 4) is 5.75 Å². The highest BCUT2D eigenvalue weighted by molar-refractivity contribution is 7.89. The van der Waals surface area contributed by atoms with Crippen LogP contribution in [0.2, 0.25) is 5.02 Å². The standard InChI is InChI=1S/C18H19ClN2O7S/c1-27-15-8-7-13(19)9-16(15)29(25,26)20-10-14(17(22)23)21-18(24)28-11-12-5-3-2-4-6-12/h2-9,14,20H,10-11H2,1H3,(H,21,24)(H,22,23). The van der Waals surface area contributed by atoms with Crippen LogP contribution in [-0.2, 0) is 26.2 Å². The van der Waals surface area contributed by atoms with Gasteiger partial charge in [0.15, 0.2) is 0 Å². The number of hydrogen-bond acceptors (Lipinski definition) is 6. The Hall–Kier alpha value is -2.82. The number of carbonyl (C=O) groups excluding carboxylic acids is 1. The average Bonchev–Trinajstić information content (AvgIpc) is 2.70. The lowest BCUT2D eigenvalue weighted by Crippen LogP contribution is -2.48. The number of aliphatic carboxylic acids is 1. The van der Waals surface area contributed by atoms with Crippen LogP contribution in [0, 0.1) is 0 Å². The number of hydrogen-bond donors (Lipinski definition) is 3. The van der Waals surface area contributed by atoms with Crippen molar-refractivity contribution in [1.82, 2.24) is 10.0 Å². The summed E-state index contributed by atoms with van der Waals surface area (Å²) >= 11 is 5.83. The minimum Gasteiger partial charge on any atom is -0.495 e. The van der Waals surface area contributed by atoms with E-state index in [0.29, 0.717) is 5.56 Å². The van der Waals surface area contributed by atoms with E-state index in [0.717, 1.165) is 0 Å². The third-order valence-electron chi connectivity index (χ3n) is 3.70. The maximum absolute atomic E-state index is 12.5. The van der Waals surface area contributed by atoms with E-state index in [1.165, 1.54) is 25.3 Å². The highest BCUT2D eigenvalue weighted by atomic mass is 35.5. The summed E-state index contributed by atoms with van der Waals surface area (Å²) in [6.45, 7) is -0.682. The first-order valence-corrected chi connectivity index (χ1v) is 10.1. The number of benzene rings is 2. The van der Waals surface area contributed by atoms with Crippen LogP contribution in [0.1, 0.15) is 5.56 Å². The van der Waals surface area contributed by atoms with E-state index >= 15 is 0 Å². The van der Waals surface area contributed by atoms with Gasteiger partial charge in [-0.1, -0.05) is 41.9 Å². The minimum absolute atomic E-state index is 0.0315. The molecular weight excluding hydrogens is 424 g/mol. The molecule has 2 aromatic carbocycles. The number of carboxylic acids is 1. The molecule has 1 unspecified atom stereocenters. The molecule has 2 aromatic rings. The monoisotopic (exact) mass is 442 g/mol. The Kier molecular flexibility index (Phi) is 7.82. The van der Waals surface area contributed by atoms with Crippen molar-refractivity contribution in [2.75, 3.05) is 13.7 Å². The molecule has 0 heterocycles. The van der Waals surface area contributed by atoms with Crippen LogP contribution in [0.15, 0.2) is 53.4 Å². The Morgan fingerprint density at radius 1 is 1.17 bits per heavy atom. The van der Waals surface area contributed by atoms with Crippen LogP contribution >= 0.6 is 11.6 Å². The smallest absolute Gasteiger partial charge is 0.408 e. The summed E-state index contributed by atoms with van der Waals surface area (Å²) in [5, 5.41) is 11.5. The van der Waals surface area contributed by atoms with Gasteiger partial charge in [0.1, 0.15) is 23.3 Å². The second-order valence-electron chi connectivity index (χ2n) is 5.74. The molecular formula is C18H19ClN2O7S. The largest absolute Gasteiger partial charge is 0.495 e. The van der Waals surface area contributed by atoms with E-state index in [1.54, 1.807) is 30.3 Å². The molecule has 11 heteroatoms. The van der Waals surface area contributed by atoms with E-state index in [9.17, 15) is 23.1 Å². The summed E-state index contributed by atoms with van der Waals surface area (Å²) in [7, 11) is -2.88. The van der Waals surface area contributed by atoms with E-state index in [1.807, 2.05) is 0 Å². The van der Waals surface area contributed by atoms with Crippen LogP contribution in [0.5, 0.6) is 5.75 Å². The third-order valence-corrected chi connectivity index (χ3v) is 5.38. The number of alkyl carbamates (subject to hydrolysis) is 1. The first-order valence-electron chi connectivity index (χ1n) is 8.26. The molecule has 0 radical (unpaired) electrons. The van der Waals surface area contributed by atoms with Gasteiger partial charge in [0, 0.05) is 11.6 Å². The van der Waals surface area contributed by atoms with Crippen LogP contribution in [-0.4, -0.2) is 45.3 Å². The van der Waals surface area contributed by atoms with Crippen LogP contribution in [0.25, 0.3) is 0 Å². The summed E-state index contributed by atoms with van der Waals surface area (Å²) in [5.74, 6) is -1.41. The maximum Gasteiger partial charge on any atom is 0.408 e. The molecule has 0 saturated heterocycles. The van der Waals surface area contributed by atoms with E-state index < -0.39 is 34.7 Å². The molecule has 9 nitrogen and oxygen atoms in total. The fourth-order valence-electron chi connectivity index (χ4n) is 2.24. The lowest BCUT2D eigenvalue weighted by Gasteiger charge is -2.16. The topological polar surface area (TPSA) is 131 Å². The van der Waals surface area contributed by atoms with E-state index in [2.05, 4.69) is 10.0 Å². The molecule has 0 aliphatic rings. The van der Waals surface area contributed by atoms with Gasteiger partial charge < -0.3 is 19.9 Å². The molecule has 0 aliphatic heterocycles. The first kappa shape index (κ1) is 22.5. The minimum atomic E-state index is -4.16. The second kappa shape index (κ2) is 10.1. The Morgan fingerprint density at radius 3 is 2.48 bits per heavy atom. The zero-order valence-corrected chi connectivity index (χ0v) is 16.9. The molecule has 1 atom stereocenters. The second-order valence-corrected chi connectivity index (χ2v) is 7.92. The van der Waals surface area contributed by atoms with Crippen molar-refractivity contribution < 1.29 is 32.6 Å². The summed E-state index contributed by atoms with van der Waals surface area (Å²) in [6.07, 6.45) is -0.999. The molecule has 29 heavy (non-hydrogen) atoms. The maximum atomic E-state index is 12.5. The average molecular weight is 443 g/mol. The summed E-state index contributed by atoms with van der Waals surface area (Å²) < 4.78 is 37.1. The van der Waals surface area contributed by atoms with Gasteiger partial charge >= 0.3 is 12.1 Å². The number of carboxylic acid groups (broad SMARTS) is 1. The van der Waals surface area contributed by atoms with Gasteiger partial charge in [0.05, 0.1) is 7.11 Å². The van der Waals surface area contributed by atoms with Gasteiger partial charge in [-0.25, -0.2) is 22.7 Å². The highest BCUT2D eigenvalue weighted by Crippen LogP contribution is 2.26. The number of ether oxygens (including phenoxy) is 2. The number of sulfonamides is 1. The zero-order chi connectivity index (χ0) is 21.4. The van der Waals surface area contributed by atoms with Crippen LogP contribution < -0.4 is 14.8 Å². The lowest BCUT2D eigenvalue weighted by atomic mass is 10.2. The van der Waals surface area contributed by atoms with Crippen molar-refractivity contribution in [3.63, 3.8) is 0 Å². The Morgan fingerprint density at radius 2 is 1.86 bits per heavy atom. The molecule has 0 saturated carbocycles. The Labute approximate surface area is 172 Å². The Balaban J connectivity index is 2.00. The zero-order valence-electron chi connectivity index (χ0n) is 15.3. The molecule has 0 bridgehead atoms. The highest BCUT2D eigenvalue weighted by Gasteiger charge is 2.26.